The molecule has 5 heterocycles. The lowest BCUT2D eigenvalue weighted by atomic mass is 10.2. The molecule has 288 valence electrons. The summed E-state index contributed by atoms with van der Waals surface area (Å²) in [6, 6.07) is 12.2. The Morgan fingerprint density at radius 2 is 1.63 bits per heavy atom. The molecule has 5 N–H and O–H groups in total. The number of benzene rings is 2. The van der Waals surface area contributed by atoms with E-state index in [-0.39, 0.29) is 28.2 Å². The number of likely N-dealkylation sites (N-methyl/N-ethyl adjacent to an activating group) is 2. The van der Waals surface area contributed by atoms with Crippen molar-refractivity contribution in [3.05, 3.63) is 94.7 Å². The van der Waals surface area contributed by atoms with E-state index >= 15 is 0 Å². The number of rotatable bonds is 7. The molecule has 0 bridgehead atoms. The van der Waals surface area contributed by atoms with Gasteiger partial charge in [-0.1, -0.05) is 20.1 Å². The van der Waals surface area contributed by atoms with Gasteiger partial charge in [0.2, 0.25) is 5.88 Å². The van der Waals surface area contributed by atoms with Crippen LogP contribution in [0.2, 0.25) is 0 Å². The van der Waals surface area contributed by atoms with Crippen molar-refractivity contribution in [3.63, 3.8) is 0 Å². The van der Waals surface area contributed by atoms with Gasteiger partial charge in [0.15, 0.2) is 23.2 Å². The molecule has 0 spiro atoms. The minimum absolute atomic E-state index is 0.0727. The number of fused-ring (bicyclic) bond motifs is 1. The molecular formula is C40H51F3N10O. The van der Waals surface area contributed by atoms with Gasteiger partial charge in [0.25, 0.3) is 0 Å². The highest BCUT2D eigenvalue weighted by atomic mass is 19.1. The number of ether oxygens (including phenoxy) is 1. The van der Waals surface area contributed by atoms with Crippen LogP contribution >= 0.6 is 0 Å². The van der Waals surface area contributed by atoms with Crippen LogP contribution in [0.25, 0.3) is 23.8 Å². The van der Waals surface area contributed by atoms with Crippen molar-refractivity contribution in [3.8, 4) is 11.6 Å². The van der Waals surface area contributed by atoms with E-state index in [0.717, 1.165) is 62.4 Å². The second-order valence-electron chi connectivity index (χ2n) is 13.6. The average molecular weight is 745 g/mol. The normalized spacial score (nSPS) is 15.4. The maximum absolute atomic E-state index is 14.9. The topological polar surface area (TPSA) is 118 Å². The molecule has 0 unspecified atom stereocenters. The fourth-order valence-corrected chi connectivity index (χ4v) is 6.24. The summed E-state index contributed by atoms with van der Waals surface area (Å²) in [4.78, 5) is 23.2. The van der Waals surface area contributed by atoms with Crippen molar-refractivity contribution < 1.29 is 17.9 Å². The minimum Gasteiger partial charge on any atom is -0.434 e. The number of halogens is 3. The van der Waals surface area contributed by atoms with Gasteiger partial charge in [-0.25, -0.2) is 18.2 Å². The maximum atomic E-state index is 14.9. The van der Waals surface area contributed by atoms with E-state index < -0.39 is 11.6 Å². The van der Waals surface area contributed by atoms with E-state index in [1.54, 1.807) is 13.0 Å². The first kappa shape index (κ1) is 39.7. The molecule has 0 radical (unpaired) electrons. The SMILES string of the molecule is C=C(C)N1CCN(CC)CC1.C=c1cc(C)[nH]/c1=C\F.Cc1cc2c(F)c(Oc3ncnc(Nc4ccc(N5CCN(C)CC5)cc4)c3N)cc(F)c2[nH]1. The number of aromatic amines is 2. The molecule has 5 aromatic rings. The fourth-order valence-electron chi connectivity index (χ4n) is 6.24. The lowest BCUT2D eigenvalue weighted by Gasteiger charge is -2.35. The largest absolute Gasteiger partial charge is 0.434 e. The highest BCUT2D eigenvalue weighted by molar-refractivity contribution is 5.83. The minimum atomic E-state index is -0.701. The third-order valence-corrected chi connectivity index (χ3v) is 9.49. The number of allylic oxidation sites excluding steroid dienone is 1. The molecule has 14 heteroatoms. The summed E-state index contributed by atoms with van der Waals surface area (Å²) in [5, 5.41) is 4.40. The monoisotopic (exact) mass is 744 g/mol. The number of hydrogen-bond acceptors (Lipinski definition) is 9. The summed E-state index contributed by atoms with van der Waals surface area (Å²) in [6.07, 6.45) is 1.77. The number of H-pyrrole nitrogens is 2. The van der Waals surface area contributed by atoms with Crippen LogP contribution in [0.4, 0.5) is 36.1 Å². The molecule has 0 aliphatic carbocycles. The van der Waals surface area contributed by atoms with Gasteiger partial charge in [-0.05, 0) is 76.0 Å². The van der Waals surface area contributed by atoms with Gasteiger partial charge in [0.1, 0.15) is 18.3 Å². The Labute approximate surface area is 314 Å². The number of aromatic nitrogens is 4. The number of nitrogen functional groups attached to an aromatic ring is 1. The predicted octanol–water partition coefficient (Wildman–Crippen LogP) is 6.01. The summed E-state index contributed by atoms with van der Waals surface area (Å²) >= 11 is 0. The number of hydrogen-bond donors (Lipinski definition) is 4. The standard InChI is InChI=1S/C24H25F2N7O.C9H18N2.C7H8FN/c1-14-11-17-20(26)19(12-18(25)22(17)30-14)34-24-21(27)23(28-13-29-24)31-15-3-5-16(6-4-15)33-9-7-32(2)8-10-33;1-4-10-5-7-11(8-6-10)9(2)3;1-5-3-6(2)9-7(5)4-8/h3-6,11-13,30H,7-10,27H2,1-2H3,(H,28,29,31);2,4-8H2,1,3H3;3-4,9H,1H2,2H3/b;;7-4-. The molecule has 2 fully saturated rings. The Balaban J connectivity index is 0.000000228. The van der Waals surface area contributed by atoms with Crippen LogP contribution in [0.1, 0.15) is 25.2 Å². The Hall–Kier alpha value is -5.47. The van der Waals surface area contributed by atoms with Gasteiger partial charge in [-0.3, -0.25) is 0 Å². The molecular weight excluding hydrogens is 694 g/mol. The van der Waals surface area contributed by atoms with Crippen LogP contribution in [0.15, 0.2) is 61.1 Å². The maximum Gasteiger partial charge on any atom is 0.248 e. The molecule has 54 heavy (non-hydrogen) atoms. The summed E-state index contributed by atoms with van der Waals surface area (Å²) in [5.74, 6) is -1.41. The Bertz CT molecular complexity index is 2130. The van der Waals surface area contributed by atoms with Crippen molar-refractivity contribution in [2.75, 3.05) is 81.9 Å². The van der Waals surface area contributed by atoms with Gasteiger partial charge in [-0.15, -0.1) is 0 Å². The van der Waals surface area contributed by atoms with Crippen molar-refractivity contribution >= 4 is 46.7 Å². The highest BCUT2D eigenvalue weighted by Crippen LogP contribution is 2.36. The van der Waals surface area contributed by atoms with Gasteiger partial charge in [-0.2, -0.15) is 4.98 Å². The Morgan fingerprint density at radius 1 is 0.963 bits per heavy atom. The summed E-state index contributed by atoms with van der Waals surface area (Å²) < 4.78 is 46.7. The molecule has 0 saturated carbocycles. The molecule has 7 rings (SSSR count). The number of aryl methyl sites for hydroxylation is 2. The predicted molar refractivity (Wildman–Crippen MR) is 213 cm³/mol. The Morgan fingerprint density at radius 3 is 2.20 bits per heavy atom. The van der Waals surface area contributed by atoms with E-state index in [4.69, 9.17) is 10.5 Å². The van der Waals surface area contributed by atoms with Gasteiger partial charge < -0.3 is 45.4 Å². The van der Waals surface area contributed by atoms with Gasteiger partial charge in [0.05, 0.1) is 10.9 Å². The van der Waals surface area contributed by atoms with Crippen LogP contribution in [0, 0.1) is 25.5 Å². The van der Waals surface area contributed by atoms with Crippen LogP contribution in [0.5, 0.6) is 11.6 Å². The summed E-state index contributed by atoms with van der Waals surface area (Å²) in [6.45, 7) is 25.3. The first-order chi connectivity index (χ1) is 25.9. The van der Waals surface area contributed by atoms with Gasteiger partial charge in [0, 0.05) is 92.3 Å². The van der Waals surface area contributed by atoms with E-state index in [9.17, 15) is 13.2 Å². The molecule has 0 amide bonds. The Kier molecular flexibility index (Phi) is 13.3. The summed E-state index contributed by atoms with van der Waals surface area (Å²) in [7, 11) is 2.12. The van der Waals surface area contributed by atoms with E-state index in [0.29, 0.717) is 28.4 Å². The van der Waals surface area contributed by atoms with E-state index in [1.165, 1.54) is 37.7 Å². The number of nitrogens with one attached hydrogen (secondary N) is 3. The molecule has 2 saturated heterocycles. The number of nitrogens with zero attached hydrogens (tertiary/aromatic N) is 6. The van der Waals surface area contributed by atoms with Crippen molar-refractivity contribution in [2.45, 2.75) is 27.7 Å². The molecule has 2 aliphatic heterocycles. The zero-order valence-corrected chi connectivity index (χ0v) is 31.8. The van der Waals surface area contributed by atoms with Crippen LogP contribution < -0.4 is 31.3 Å². The second kappa shape index (κ2) is 18.0. The number of piperazine rings is 2. The number of nitrogens with two attached hydrogens (primary N) is 1. The second-order valence-corrected chi connectivity index (χ2v) is 13.6. The quantitative estimate of drug-likeness (QED) is 0.159. The molecule has 2 aliphatic rings. The van der Waals surface area contributed by atoms with E-state index in [2.05, 4.69) is 78.9 Å². The van der Waals surface area contributed by atoms with Crippen LogP contribution in [-0.4, -0.2) is 101 Å². The zero-order valence-electron chi connectivity index (χ0n) is 31.8. The highest BCUT2D eigenvalue weighted by Gasteiger charge is 2.19. The lowest BCUT2D eigenvalue weighted by Crippen LogP contribution is -2.44. The van der Waals surface area contributed by atoms with Crippen LogP contribution in [0.3, 0.4) is 0 Å². The molecule has 11 nitrogen and oxygen atoms in total. The number of anilines is 4. The van der Waals surface area contributed by atoms with Crippen molar-refractivity contribution in [1.82, 2.24) is 34.6 Å². The zero-order chi connectivity index (χ0) is 38.9. The molecule has 0 atom stereocenters. The van der Waals surface area contributed by atoms with Crippen molar-refractivity contribution in [1.29, 1.82) is 0 Å². The third kappa shape index (κ3) is 9.94. The fraction of sp³-hybridized carbons (Fsp3) is 0.350. The van der Waals surface area contributed by atoms with Gasteiger partial charge >= 0.3 is 0 Å². The average Bonchev–Trinajstić information content (AvgIpc) is 3.73. The third-order valence-electron chi connectivity index (χ3n) is 9.49. The van der Waals surface area contributed by atoms with E-state index in [1.807, 2.05) is 31.2 Å². The van der Waals surface area contributed by atoms with Crippen LogP contribution in [-0.2, 0) is 0 Å². The first-order valence-corrected chi connectivity index (χ1v) is 18.0. The van der Waals surface area contributed by atoms with Crippen molar-refractivity contribution in [2.24, 2.45) is 0 Å². The smallest absolute Gasteiger partial charge is 0.248 e. The molecule has 2 aromatic carbocycles. The summed E-state index contributed by atoms with van der Waals surface area (Å²) in [5.41, 5.74) is 11.1. The lowest BCUT2D eigenvalue weighted by molar-refractivity contribution is 0.166. The molecule has 3 aromatic heterocycles. The first-order valence-electron chi connectivity index (χ1n) is 18.0.